The molecular formula is C18H20BrN3O2S. The molecule has 5 rings (SSSR count). The second kappa shape index (κ2) is 5.93. The lowest BCUT2D eigenvalue weighted by molar-refractivity contribution is 0.109. The Balaban J connectivity index is 1.24. The largest absolute Gasteiger partial charge is 0.465 e. The SMILES string of the molecule is O=C(O)N1CC[C@H]2CN(C3CC(c4nc5ccc(Br)cc5s4)C3)C[C@@H]21. The third-order valence-electron chi connectivity index (χ3n) is 6.17. The van der Waals surface area contributed by atoms with E-state index in [1.54, 1.807) is 4.90 Å². The van der Waals surface area contributed by atoms with E-state index >= 15 is 0 Å². The Morgan fingerprint density at radius 1 is 1.32 bits per heavy atom. The second-order valence-electron chi connectivity index (χ2n) is 7.53. The molecule has 2 atom stereocenters. The maximum Gasteiger partial charge on any atom is 0.407 e. The summed E-state index contributed by atoms with van der Waals surface area (Å²) in [6, 6.07) is 7.10. The molecule has 1 saturated carbocycles. The highest BCUT2D eigenvalue weighted by atomic mass is 79.9. The van der Waals surface area contributed by atoms with Crippen LogP contribution >= 0.6 is 27.3 Å². The molecule has 0 unspecified atom stereocenters. The van der Waals surface area contributed by atoms with Crippen LogP contribution in [0.5, 0.6) is 0 Å². The van der Waals surface area contributed by atoms with Crippen molar-refractivity contribution < 1.29 is 9.90 Å². The molecule has 132 valence electrons. The number of hydrogen-bond donors (Lipinski definition) is 1. The summed E-state index contributed by atoms with van der Waals surface area (Å²) in [4.78, 5) is 20.4. The predicted octanol–water partition coefficient (Wildman–Crippen LogP) is 3.99. The first kappa shape index (κ1) is 16.0. The van der Waals surface area contributed by atoms with E-state index in [0.717, 1.165) is 42.3 Å². The quantitative estimate of drug-likeness (QED) is 0.796. The summed E-state index contributed by atoms with van der Waals surface area (Å²) in [6.07, 6.45) is 2.60. The number of nitrogens with zero attached hydrogens (tertiary/aromatic N) is 3. The van der Waals surface area contributed by atoms with Crippen molar-refractivity contribution in [3.63, 3.8) is 0 Å². The molecule has 2 saturated heterocycles. The maximum atomic E-state index is 11.3. The second-order valence-corrected chi connectivity index (χ2v) is 9.51. The Kier molecular flexibility index (Phi) is 3.80. The van der Waals surface area contributed by atoms with Crippen molar-refractivity contribution in [2.24, 2.45) is 5.92 Å². The van der Waals surface area contributed by atoms with Gasteiger partial charge in [-0.05, 0) is 43.4 Å². The molecule has 0 bridgehead atoms. The van der Waals surface area contributed by atoms with Crippen LogP contribution in [-0.4, -0.2) is 57.7 Å². The molecule has 1 aliphatic carbocycles. The molecule has 1 aromatic heterocycles. The fraction of sp³-hybridized carbons (Fsp3) is 0.556. The predicted molar refractivity (Wildman–Crippen MR) is 101 cm³/mol. The Morgan fingerprint density at radius 3 is 2.96 bits per heavy atom. The summed E-state index contributed by atoms with van der Waals surface area (Å²) in [7, 11) is 0. The summed E-state index contributed by atoms with van der Waals surface area (Å²) in [5, 5.41) is 10.6. The Bertz CT molecular complexity index is 835. The monoisotopic (exact) mass is 421 g/mol. The molecule has 0 radical (unpaired) electrons. The van der Waals surface area contributed by atoms with Crippen molar-refractivity contribution in [1.29, 1.82) is 0 Å². The summed E-state index contributed by atoms with van der Waals surface area (Å²) in [6.45, 7) is 2.70. The molecule has 0 spiro atoms. The Labute approximate surface area is 158 Å². The molecule has 3 heterocycles. The third-order valence-corrected chi connectivity index (χ3v) is 7.84. The first-order chi connectivity index (χ1) is 12.1. The number of rotatable bonds is 2. The van der Waals surface area contributed by atoms with Gasteiger partial charge in [-0.1, -0.05) is 15.9 Å². The zero-order chi connectivity index (χ0) is 17.1. The number of aromatic nitrogens is 1. The topological polar surface area (TPSA) is 56.7 Å². The lowest BCUT2D eigenvalue weighted by Crippen LogP contribution is -2.45. The molecule has 3 fully saturated rings. The highest BCUT2D eigenvalue weighted by Gasteiger charge is 2.47. The summed E-state index contributed by atoms with van der Waals surface area (Å²) in [5.41, 5.74) is 1.10. The standard InChI is InChI=1S/C18H20BrN3O2S/c19-12-1-2-14-16(7-12)25-17(20-14)11-5-13(6-11)21-8-10-3-4-22(18(23)24)15(10)9-21/h1-2,7,10-11,13,15H,3-6,8-9H2,(H,23,24)/t10-,11?,13?,15-/m0/s1. The van der Waals surface area contributed by atoms with Gasteiger partial charge in [-0.2, -0.15) is 0 Å². The molecule has 3 aliphatic rings. The van der Waals surface area contributed by atoms with E-state index in [1.165, 1.54) is 9.71 Å². The molecule has 1 aromatic carbocycles. The zero-order valence-corrected chi connectivity index (χ0v) is 16.2. The number of halogens is 1. The molecule has 1 amide bonds. The Hall–Kier alpha value is -1.18. The minimum absolute atomic E-state index is 0.219. The highest BCUT2D eigenvalue weighted by molar-refractivity contribution is 9.10. The van der Waals surface area contributed by atoms with Crippen LogP contribution in [0.2, 0.25) is 0 Å². The van der Waals surface area contributed by atoms with Gasteiger partial charge in [-0.15, -0.1) is 11.3 Å². The minimum atomic E-state index is -0.749. The molecule has 5 nitrogen and oxygen atoms in total. The number of carboxylic acid groups (broad SMARTS) is 1. The van der Waals surface area contributed by atoms with Gasteiger partial charge in [-0.25, -0.2) is 9.78 Å². The van der Waals surface area contributed by atoms with Crippen LogP contribution in [0, 0.1) is 5.92 Å². The summed E-state index contributed by atoms with van der Waals surface area (Å²) in [5.74, 6) is 1.10. The van der Waals surface area contributed by atoms with Gasteiger partial charge in [0.2, 0.25) is 0 Å². The van der Waals surface area contributed by atoms with Crippen molar-refractivity contribution >= 4 is 43.6 Å². The smallest absolute Gasteiger partial charge is 0.407 e. The number of fused-ring (bicyclic) bond motifs is 2. The molecule has 2 aliphatic heterocycles. The van der Waals surface area contributed by atoms with Gasteiger partial charge in [0.05, 0.1) is 21.3 Å². The van der Waals surface area contributed by atoms with Gasteiger partial charge < -0.3 is 10.0 Å². The first-order valence-corrected chi connectivity index (χ1v) is 10.5. The number of carbonyl (C=O) groups is 1. The van der Waals surface area contributed by atoms with Crippen molar-refractivity contribution in [3.8, 4) is 0 Å². The molecular weight excluding hydrogens is 402 g/mol. The molecule has 25 heavy (non-hydrogen) atoms. The van der Waals surface area contributed by atoms with Gasteiger partial charge in [0.1, 0.15) is 0 Å². The highest BCUT2D eigenvalue weighted by Crippen LogP contribution is 2.45. The normalized spacial score (nSPS) is 32.1. The van der Waals surface area contributed by atoms with Crippen LogP contribution in [0.3, 0.4) is 0 Å². The van der Waals surface area contributed by atoms with Crippen LogP contribution in [0.15, 0.2) is 22.7 Å². The number of hydrogen-bond acceptors (Lipinski definition) is 4. The lowest BCUT2D eigenvalue weighted by atomic mass is 9.80. The number of benzene rings is 1. The van der Waals surface area contributed by atoms with Gasteiger partial charge in [0.15, 0.2) is 0 Å². The summed E-state index contributed by atoms with van der Waals surface area (Å²) < 4.78 is 2.36. The van der Waals surface area contributed by atoms with E-state index in [0.29, 0.717) is 24.4 Å². The van der Waals surface area contributed by atoms with Crippen molar-refractivity contribution in [1.82, 2.24) is 14.8 Å². The number of amides is 1. The average molecular weight is 422 g/mol. The number of likely N-dealkylation sites (tertiary alicyclic amines) is 2. The van der Waals surface area contributed by atoms with Gasteiger partial charge in [0.25, 0.3) is 0 Å². The van der Waals surface area contributed by atoms with E-state index < -0.39 is 6.09 Å². The van der Waals surface area contributed by atoms with Crippen LogP contribution in [0.4, 0.5) is 4.79 Å². The van der Waals surface area contributed by atoms with Crippen molar-refractivity contribution in [2.45, 2.75) is 37.3 Å². The van der Waals surface area contributed by atoms with E-state index in [-0.39, 0.29) is 6.04 Å². The fourth-order valence-corrected chi connectivity index (χ4v) is 6.35. The van der Waals surface area contributed by atoms with Crippen LogP contribution in [0.1, 0.15) is 30.2 Å². The van der Waals surface area contributed by atoms with Crippen LogP contribution in [0.25, 0.3) is 10.2 Å². The fourth-order valence-electron chi connectivity index (χ4n) is 4.71. The Morgan fingerprint density at radius 2 is 2.16 bits per heavy atom. The molecule has 1 N–H and O–H groups in total. The maximum absolute atomic E-state index is 11.3. The van der Waals surface area contributed by atoms with Crippen molar-refractivity contribution in [3.05, 3.63) is 27.7 Å². The van der Waals surface area contributed by atoms with E-state index in [9.17, 15) is 9.90 Å². The van der Waals surface area contributed by atoms with E-state index in [4.69, 9.17) is 4.98 Å². The first-order valence-electron chi connectivity index (χ1n) is 8.88. The van der Waals surface area contributed by atoms with E-state index in [1.807, 2.05) is 17.4 Å². The minimum Gasteiger partial charge on any atom is -0.465 e. The van der Waals surface area contributed by atoms with Crippen LogP contribution < -0.4 is 0 Å². The third kappa shape index (κ3) is 2.67. The zero-order valence-electron chi connectivity index (χ0n) is 13.8. The average Bonchev–Trinajstić information content (AvgIpc) is 3.18. The summed E-state index contributed by atoms with van der Waals surface area (Å²) >= 11 is 5.34. The lowest BCUT2D eigenvalue weighted by Gasteiger charge is -2.41. The van der Waals surface area contributed by atoms with Gasteiger partial charge >= 0.3 is 6.09 Å². The van der Waals surface area contributed by atoms with Crippen molar-refractivity contribution in [2.75, 3.05) is 19.6 Å². The molecule has 7 heteroatoms. The van der Waals surface area contributed by atoms with Gasteiger partial charge in [-0.3, -0.25) is 4.90 Å². The molecule has 2 aromatic rings. The van der Waals surface area contributed by atoms with Gasteiger partial charge in [0, 0.05) is 36.1 Å². The van der Waals surface area contributed by atoms with Crippen LogP contribution in [-0.2, 0) is 0 Å². The number of thiazole rings is 1. The van der Waals surface area contributed by atoms with E-state index in [2.05, 4.69) is 33.0 Å².